The molecule has 0 spiro atoms. The molecule has 3 heterocycles. The Kier molecular flexibility index (Phi) is 5.91. The average Bonchev–Trinajstić information content (AvgIpc) is 3.36. The fraction of sp³-hybridized carbons (Fsp3) is 0.240. The summed E-state index contributed by atoms with van der Waals surface area (Å²) in [6.07, 6.45) is 6.04. The molecule has 33 heavy (non-hydrogen) atoms. The van der Waals surface area contributed by atoms with Crippen LogP contribution in [-0.2, 0) is 14.3 Å². The third kappa shape index (κ3) is 4.51. The second kappa shape index (κ2) is 9.30. The van der Waals surface area contributed by atoms with Crippen LogP contribution in [0.5, 0.6) is 5.75 Å². The molecular weight excluding hydrogens is 420 g/mol. The minimum atomic E-state index is -0.754. The van der Waals surface area contributed by atoms with Gasteiger partial charge in [-0.3, -0.25) is 9.59 Å². The van der Waals surface area contributed by atoms with Crippen LogP contribution in [0.3, 0.4) is 0 Å². The number of para-hydroxylation sites is 3. The van der Waals surface area contributed by atoms with Crippen molar-refractivity contribution < 1.29 is 19.1 Å². The number of carbonyl (C=O) groups excluding carboxylic acids is 2. The van der Waals surface area contributed by atoms with Crippen LogP contribution in [0.15, 0.2) is 73.1 Å². The van der Waals surface area contributed by atoms with Crippen molar-refractivity contribution in [2.75, 3.05) is 37.7 Å². The van der Waals surface area contributed by atoms with Crippen molar-refractivity contribution in [2.45, 2.75) is 6.10 Å². The van der Waals surface area contributed by atoms with Gasteiger partial charge in [0.05, 0.1) is 37.3 Å². The molecule has 8 nitrogen and oxygen atoms in total. The van der Waals surface area contributed by atoms with Crippen molar-refractivity contribution in [1.29, 1.82) is 0 Å². The largest absolute Gasteiger partial charge is 0.476 e. The van der Waals surface area contributed by atoms with Gasteiger partial charge in [-0.05, 0) is 30.3 Å². The van der Waals surface area contributed by atoms with E-state index in [4.69, 9.17) is 9.47 Å². The maximum Gasteiger partial charge on any atom is 0.265 e. The number of aromatic nitrogens is 2. The van der Waals surface area contributed by atoms with Crippen LogP contribution in [0.2, 0.25) is 0 Å². The first-order chi connectivity index (χ1) is 16.2. The van der Waals surface area contributed by atoms with Crippen molar-refractivity contribution >= 4 is 23.6 Å². The minimum absolute atomic E-state index is 0.126. The Balaban J connectivity index is 1.34. The number of carbonyl (C=O) groups is 2. The number of hydrogen-bond donors (Lipinski definition) is 0. The van der Waals surface area contributed by atoms with Gasteiger partial charge in [-0.1, -0.05) is 30.3 Å². The molecule has 0 aliphatic carbocycles. The molecule has 1 unspecified atom stereocenters. The first kappa shape index (κ1) is 21.0. The predicted molar refractivity (Wildman–Crippen MR) is 123 cm³/mol. The first-order valence-electron chi connectivity index (χ1n) is 10.9. The van der Waals surface area contributed by atoms with Crippen molar-refractivity contribution in [2.24, 2.45) is 0 Å². The molecule has 0 N–H and O–H groups in total. The number of hydrogen-bond acceptors (Lipinski definition) is 5. The monoisotopic (exact) mass is 444 g/mol. The molecular formula is C25H24N4O4. The van der Waals surface area contributed by atoms with Crippen LogP contribution in [0.25, 0.3) is 11.8 Å². The van der Waals surface area contributed by atoms with Crippen LogP contribution in [-0.4, -0.2) is 65.4 Å². The summed E-state index contributed by atoms with van der Waals surface area (Å²) in [7, 11) is 0. The van der Waals surface area contributed by atoms with Crippen molar-refractivity contribution in [1.82, 2.24) is 14.7 Å². The highest BCUT2D eigenvalue weighted by molar-refractivity contribution is 6.05. The van der Waals surface area contributed by atoms with Gasteiger partial charge in [0.25, 0.3) is 11.8 Å². The lowest BCUT2D eigenvalue weighted by atomic mass is 10.1. The molecule has 1 aromatic heterocycles. The summed E-state index contributed by atoms with van der Waals surface area (Å²) in [5, 5.41) is 4.36. The molecule has 2 aliphatic heterocycles. The second-order valence-electron chi connectivity index (χ2n) is 7.85. The number of ether oxygens (including phenoxy) is 2. The Morgan fingerprint density at radius 3 is 2.58 bits per heavy atom. The number of fused-ring (bicyclic) bond motifs is 1. The number of morpholine rings is 1. The predicted octanol–water partition coefficient (Wildman–Crippen LogP) is 2.54. The molecule has 1 atom stereocenters. The lowest BCUT2D eigenvalue weighted by Gasteiger charge is -2.37. The van der Waals surface area contributed by atoms with Crippen LogP contribution < -0.4 is 9.64 Å². The quantitative estimate of drug-likeness (QED) is 0.578. The van der Waals surface area contributed by atoms with Gasteiger partial charge in [0, 0.05) is 30.9 Å². The number of rotatable bonds is 4. The van der Waals surface area contributed by atoms with Gasteiger partial charge in [-0.2, -0.15) is 5.10 Å². The molecule has 2 aliphatic rings. The summed E-state index contributed by atoms with van der Waals surface area (Å²) in [6, 6.07) is 17.0. The summed E-state index contributed by atoms with van der Waals surface area (Å²) in [5.41, 5.74) is 2.39. The summed E-state index contributed by atoms with van der Waals surface area (Å²) < 4.78 is 13.1. The van der Waals surface area contributed by atoms with E-state index < -0.39 is 6.10 Å². The Morgan fingerprint density at radius 2 is 1.76 bits per heavy atom. The van der Waals surface area contributed by atoms with Crippen LogP contribution >= 0.6 is 0 Å². The van der Waals surface area contributed by atoms with E-state index in [-0.39, 0.29) is 18.4 Å². The van der Waals surface area contributed by atoms with E-state index in [0.29, 0.717) is 37.7 Å². The van der Waals surface area contributed by atoms with E-state index in [2.05, 4.69) is 5.10 Å². The smallest absolute Gasteiger partial charge is 0.265 e. The number of amides is 2. The lowest BCUT2D eigenvalue weighted by Crippen LogP contribution is -2.53. The SMILES string of the molecule is O=C(C1CN(C(=O)/C=C/c2cnn(-c3ccccc3)c2)c2ccccc2O1)N1CCOCC1. The lowest BCUT2D eigenvalue weighted by molar-refractivity contribution is -0.142. The molecule has 0 saturated carbocycles. The zero-order chi connectivity index (χ0) is 22.6. The van der Waals surface area contributed by atoms with Gasteiger partial charge in [0.15, 0.2) is 6.10 Å². The number of anilines is 1. The maximum absolute atomic E-state index is 13.2. The third-order valence-electron chi connectivity index (χ3n) is 5.68. The van der Waals surface area contributed by atoms with Gasteiger partial charge < -0.3 is 19.3 Å². The highest BCUT2D eigenvalue weighted by Crippen LogP contribution is 2.34. The zero-order valence-electron chi connectivity index (χ0n) is 18.0. The standard InChI is InChI=1S/C25H24N4O4/c30-24(11-10-19-16-26-29(17-19)20-6-2-1-3-7-20)28-18-23(25(31)27-12-14-32-15-13-27)33-22-9-5-4-8-21(22)28/h1-11,16-17,23H,12-15,18H2/b11-10+. The van der Waals surface area contributed by atoms with Gasteiger partial charge >= 0.3 is 0 Å². The summed E-state index contributed by atoms with van der Waals surface area (Å²) in [5.74, 6) is 0.172. The van der Waals surface area contributed by atoms with E-state index in [9.17, 15) is 9.59 Å². The molecule has 1 fully saturated rings. The Labute approximate surface area is 191 Å². The summed E-state index contributed by atoms with van der Waals surface area (Å²) in [6.45, 7) is 2.23. The van der Waals surface area contributed by atoms with E-state index in [1.807, 2.05) is 54.7 Å². The van der Waals surface area contributed by atoms with Gasteiger partial charge in [0.2, 0.25) is 0 Å². The van der Waals surface area contributed by atoms with Gasteiger partial charge in [-0.25, -0.2) is 4.68 Å². The van der Waals surface area contributed by atoms with E-state index in [0.717, 1.165) is 11.3 Å². The zero-order valence-corrected chi connectivity index (χ0v) is 18.0. The topological polar surface area (TPSA) is 76.9 Å². The number of nitrogens with zero attached hydrogens (tertiary/aromatic N) is 4. The highest BCUT2D eigenvalue weighted by atomic mass is 16.5. The van der Waals surface area contributed by atoms with Gasteiger partial charge in [0.1, 0.15) is 5.75 Å². The minimum Gasteiger partial charge on any atom is -0.476 e. The molecule has 0 bridgehead atoms. The first-order valence-corrected chi connectivity index (χ1v) is 10.9. The van der Waals surface area contributed by atoms with Gasteiger partial charge in [-0.15, -0.1) is 0 Å². The van der Waals surface area contributed by atoms with Crippen molar-refractivity contribution in [3.05, 3.63) is 78.6 Å². The normalized spacial score (nSPS) is 18.1. The van der Waals surface area contributed by atoms with Crippen LogP contribution in [0.4, 0.5) is 5.69 Å². The summed E-state index contributed by atoms with van der Waals surface area (Å²) >= 11 is 0. The van der Waals surface area contributed by atoms with E-state index >= 15 is 0 Å². The molecule has 2 amide bonds. The second-order valence-corrected chi connectivity index (χ2v) is 7.85. The number of benzene rings is 2. The Bertz CT molecular complexity index is 1170. The molecule has 1 saturated heterocycles. The molecule has 3 aromatic rings. The average molecular weight is 444 g/mol. The molecule has 5 rings (SSSR count). The van der Waals surface area contributed by atoms with Crippen LogP contribution in [0, 0.1) is 0 Å². The summed E-state index contributed by atoms with van der Waals surface area (Å²) in [4.78, 5) is 29.5. The molecule has 2 aromatic carbocycles. The molecule has 8 heteroatoms. The van der Waals surface area contributed by atoms with Crippen molar-refractivity contribution in [3.63, 3.8) is 0 Å². The van der Waals surface area contributed by atoms with Crippen molar-refractivity contribution in [3.8, 4) is 11.4 Å². The fourth-order valence-electron chi connectivity index (χ4n) is 3.96. The Morgan fingerprint density at radius 1 is 1.00 bits per heavy atom. The van der Waals surface area contributed by atoms with E-state index in [1.54, 1.807) is 32.8 Å². The molecule has 0 radical (unpaired) electrons. The fourth-order valence-corrected chi connectivity index (χ4v) is 3.96. The highest BCUT2D eigenvalue weighted by Gasteiger charge is 2.35. The van der Waals surface area contributed by atoms with E-state index in [1.165, 1.54) is 6.08 Å². The molecule has 168 valence electrons. The Hall–Kier alpha value is -3.91. The maximum atomic E-state index is 13.2. The van der Waals surface area contributed by atoms with Crippen LogP contribution in [0.1, 0.15) is 5.56 Å². The third-order valence-corrected chi connectivity index (χ3v) is 5.68.